The second-order valence-electron chi connectivity index (χ2n) is 2.26. The smallest absolute Gasteiger partial charge is 0.137 e. The van der Waals surface area contributed by atoms with Crippen molar-refractivity contribution in [3.63, 3.8) is 0 Å². The van der Waals surface area contributed by atoms with Crippen molar-refractivity contribution in [3.05, 3.63) is 34.9 Å². The van der Waals surface area contributed by atoms with Gasteiger partial charge in [-0.05, 0) is 17.7 Å². The number of alkyl halides is 1. The molecule has 1 rings (SSSR count). The van der Waals surface area contributed by atoms with Gasteiger partial charge in [-0.2, -0.15) is 0 Å². The minimum absolute atomic E-state index is 0.000340. The third-order valence-corrected chi connectivity index (χ3v) is 1.65. The van der Waals surface area contributed by atoms with Crippen LogP contribution in [-0.2, 0) is 0 Å². The maximum atomic E-state index is 12.9. The first-order valence-corrected chi connectivity index (χ1v) is 3.71. The van der Waals surface area contributed by atoms with Crippen molar-refractivity contribution in [2.24, 2.45) is 5.73 Å². The molecule has 1 atom stereocenters. The van der Waals surface area contributed by atoms with Crippen molar-refractivity contribution in [1.29, 1.82) is 0 Å². The lowest BCUT2D eigenvalue weighted by Gasteiger charge is -2.04. The lowest BCUT2D eigenvalue weighted by molar-refractivity contribution is 0.353. The standard InChI is InChI=1S/C8H9ClFN/c9-7-3-1-2-6(4-7)8(10)5-11/h1-4,8H,5,11H2/t8-/m0/s1. The summed E-state index contributed by atoms with van der Waals surface area (Å²) in [6, 6.07) is 6.66. The Kier molecular flexibility index (Phi) is 2.85. The van der Waals surface area contributed by atoms with Gasteiger partial charge in [-0.3, -0.25) is 0 Å². The molecule has 0 aliphatic carbocycles. The topological polar surface area (TPSA) is 26.0 Å². The van der Waals surface area contributed by atoms with E-state index in [0.717, 1.165) is 0 Å². The summed E-state index contributed by atoms with van der Waals surface area (Å²) in [4.78, 5) is 0. The van der Waals surface area contributed by atoms with Crippen LogP contribution >= 0.6 is 11.6 Å². The lowest BCUT2D eigenvalue weighted by atomic mass is 10.1. The maximum Gasteiger partial charge on any atom is 0.137 e. The molecule has 0 spiro atoms. The van der Waals surface area contributed by atoms with Crippen LogP contribution in [0, 0.1) is 0 Å². The molecule has 60 valence electrons. The fraction of sp³-hybridized carbons (Fsp3) is 0.250. The Morgan fingerprint density at radius 2 is 2.27 bits per heavy atom. The van der Waals surface area contributed by atoms with Gasteiger partial charge in [0.15, 0.2) is 0 Å². The molecule has 0 saturated carbocycles. The molecule has 0 aromatic heterocycles. The molecule has 11 heavy (non-hydrogen) atoms. The Bertz CT molecular complexity index is 239. The molecule has 3 heteroatoms. The summed E-state index contributed by atoms with van der Waals surface area (Å²) in [5, 5.41) is 0.540. The molecule has 0 aliphatic heterocycles. The van der Waals surface area contributed by atoms with E-state index in [1.165, 1.54) is 0 Å². The van der Waals surface area contributed by atoms with Crippen molar-refractivity contribution in [1.82, 2.24) is 0 Å². The average molecular weight is 174 g/mol. The summed E-state index contributed by atoms with van der Waals surface area (Å²) in [6.07, 6.45) is -1.10. The number of nitrogens with two attached hydrogens (primary N) is 1. The highest BCUT2D eigenvalue weighted by molar-refractivity contribution is 6.30. The zero-order valence-electron chi connectivity index (χ0n) is 5.93. The van der Waals surface area contributed by atoms with Crippen molar-refractivity contribution >= 4 is 11.6 Å². The fourth-order valence-corrected chi connectivity index (χ4v) is 1.04. The van der Waals surface area contributed by atoms with Crippen molar-refractivity contribution in [2.45, 2.75) is 6.17 Å². The molecule has 0 radical (unpaired) electrons. The molecule has 2 N–H and O–H groups in total. The van der Waals surface area contributed by atoms with Crippen LogP contribution in [0.2, 0.25) is 5.02 Å². The van der Waals surface area contributed by atoms with E-state index in [0.29, 0.717) is 10.6 Å². The Hall–Kier alpha value is -0.600. The van der Waals surface area contributed by atoms with Gasteiger partial charge in [0.2, 0.25) is 0 Å². The van der Waals surface area contributed by atoms with E-state index < -0.39 is 6.17 Å². The van der Waals surface area contributed by atoms with E-state index in [9.17, 15) is 4.39 Å². The molecule has 0 bridgehead atoms. The zero-order valence-corrected chi connectivity index (χ0v) is 6.68. The summed E-state index contributed by atoms with van der Waals surface area (Å²) < 4.78 is 12.9. The predicted molar refractivity (Wildman–Crippen MR) is 44.4 cm³/mol. The number of halogens is 2. The van der Waals surface area contributed by atoms with E-state index >= 15 is 0 Å². The highest BCUT2D eigenvalue weighted by atomic mass is 35.5. The van der Waals surface area contributed by atoms with E-state index in [4.69, 9.17) is 17.3 Å². The molecule has 1 aromatic carbocycles. The van der Waals surface area contributed by atoms with E-state index in [2.05, 4.69) is 0 Å². The van der Waals surface area contributed by atoms with Crippen LogP contribution in [0.5, 0.6) is 0 Å². The summed E-state index contributed by atoms with van der Waals surface area (Å²) in [5.74, 6) is 0. The predicted octanol–water partition coefficient (Wildman–Crippen LogP) is 2.31. The number of benzene rings is 1. The molecule has 0 aliphatic rings. The lowest BCUT2D eigenvalue weighted by Crippen LogP contribution is -2.07. The minimum Gasteiger partial charge on any atom is -0.327 e. The second-order valence-corrected chi connectivity index (χ2v) is 2.69. The van der Waals surface area contributed by atoms with Gasteiger partial charge >= 0.3 is 0 Å². The second kappa shape index (κ2) is 3.69. The zero-order chi connectivity index (χ0) is 8.27. The Morgan fingerprint density at radius 3 is 2.82 bits per heavy atom. The normalized spacial score (nSPS) is 13.0. The van der Waals surface area contributed by atoms with E-state index in [1.54, 1.807) is 24.3 Å². The Morgan fingerprint density at radius 1 is 1.55 bits per heavy atom. The highest BCUT2D eigenvalue weighted by Gasteiger charge is 2.05. The van der Waals surface area contributed by atoms with Gasteiger partial charge in [-0.25, -0.2) is 4.39 Å². The molecule has 0 fully saturated rings. The number of rotatable bonds is 2. The van der Waals surface area contributed by atoms with Crippen LogP contribution in [0.4, 0.5) is 4.39 Å². The van der Waals surface area contributed by atoms with E-state index in [-0.39, 0.29) is 6.54 Å². The van der Waals surface area contributed by atoms with Crippen LogP contribution in [0.3, 0.4) is 0 Å². The van der Waals surface area contributed by atoms with Gasteiger partial charge in [0, 0.05) is 11.6 Å². The molecule has 0 unspecified atom stereocenters. The maximum absolute atomic E-state index is 12.9. The first kappa shape index (κ1) is 8.50. The van der Waals surface area contributed by atoms with Crippen LogP contribution in [0.15, 0.2) is 24.3 Å². The fourth-order valence-electron chi connectivity index (χ4n) is 0.838. The summed E-state index contributed by atoms with van der Waals surface area (Å²) >= 11 is 5.64. The molecule has 1 nitrogen and oxygen atoms in total. The average Bonchev–Trinajstić information content (AvgIpc) is 2.03. The van der Waals surface area contributed by atoms with Crippen molar-refractivity contribution in [3.8, 4) is 0 Å². The van der Waals surface area contributed by atoms with Gasteiger partial charge in [-0.15, -0.1) is 0 Å². The largest absolute Gasteiger partial charge is 0.327 e. The SMILES string of the molecule is NC[C@H](F)c1cccc(Cl)c1. The molecular formula is C8H9ClFN. The van der Waals surface area contributed by atoms with Crippen LogP contribution < -0.4 is 5.73 Å². The molecule has 0 amide bonds. The number of hydrogen-bond acceptors (Lipinski definition) is 1. The van der Waals surface area contributed by atoms with E-state index in [1.807, 2.05) is 0 Å². The first-order chi connectivity index (χ1) is 5.24. The van der Waals surface area contributed by atoms with Crippen molar-refractivity contribution in [2.75, 3.05) is 6.54 Å². The van der Waals surface area contributed by atoms with Crippen LogP contribution in [0.1, 0.15) is 11.7 Å². The summed E-state index contributed by atoms with van der Waals surface area (Å²) in [7, 11) is 0. The summed E-state index contributed by atoms with van der Waals surface area (Å²) in [6.45, 7) is 0.000340. The van der Waals surface area contributed by atoms with Crippen LogP contribution in [0.25, 0.3) is 0 Å². The van der Waals surface area contributed by atoms with Gasteiger partial charge in [0.25, 0.3) is 0 Å². The van der Waals surface area contributed by atoms with Gasteiger partial charge in [-0.1, -0.05) is 23.7 Å². The van der Waals surface area contributed by atoms with Gasteiger partial charge in [0.1, 0.15) is 6.17 Å². The Labute approximate surface area is 70.0 Å². The third-order valence-electron chi connectivity index (χ3n) is 1.42. The van der Waals surface area contributed by atoms with Gasteiger partial charge in [0.05, 0.1) is 0 Å². The quantitative estimate of drug-likeness (QED) is 0.730. The molecular weight excluding hydrogens is 165 g/mol. The first-order valence-electron chi connectivity index (χ1n) is 3.33. The van der Waals surface area contributed by atoms with Gasteiger partial charge < -0.3 is 5.73 Å². The monoisotopic (exact) mass is 173 g/mol. The highest BCUT2D eigenvalue weighted by Crippen LogP contribution is 2.19. The number of hydrogen-bond donors (Lipinski definition) is 1. The van der Waals surface area contributed by atoms with Crippen LogP contribution in [-0.4, -0.2) is 6.54 Å². The molecule has 0 heterocycles. The Balaban J connectivity index is 2.86. The summed E-state index contributed by atoms with van der Waals surface area (Å²) in [5.41, 5.74) is 5.68. The molecule has 1 aromatic rings. The molecule has 0 saturated heterocycles. The third kappa shape index (κ3) is 2.17. The van der Waals surface area contributed by atoms with Crippen molar-refractivity contribution < 1.29 is 4.39 Å². The minimum atomic E-state index is -1.10.